The Hall–Kier alpha value is -4.13. The Morgan fingerprint density at radius 3 is 2.88 bits per heavy atom. The van der Waals surface area contributed by atoms with Crippen molar-refractivity contribution in [3.63, 3.8) is 0 Å². The number of carbonyl (C=O) groups excluding carboxylic acids is 2. The highest BCUT2D eigenvalue weighted by Crippen LogP contribution is 2.49. The summed E-state index contributed by atoms with van der Waals surface area (Å²) >= 11 is 0. The number of carbonyl (C=O) groups is 2. The van der Waals surface area contributed by atoms with Gasteiger partial charge in [0.1, 0.15) is 11.8 Å². The second kappa shape index (κ2) is 7.23. The SMILES string of the molecule is COC(=O)CCC(=O)N1C[C@@H]2C[C@H]1c1c(O)n(-c3ccc(C#N)c4ncccc34)c(=O)n12. The molecule has 4 heterocycles. The summed E-state index contributed by atoms with van der Waals surface area (Å²) in [7, 11) is 1.27. The molecule has 0 saturated carbocycles. The Labute approximate surface area is 181 Å². The van der Waals surface area contributed by atoms with E-state index in [0.717, 1.165) is 0 Å². The number of likely N-dealkylation sites (tertiary alicyclic amines) is 1. The van der Waals surface area contributed by atoms with E-state index in [2.05, 4.69) is 15.8 Å². The molecular formula is C22H19N5O5. The van der Waals surface area contributed by atoms with Crippen molar-refractivity contribution in [3.8, 4) is 17.6 Å². The molecule has 0 unspecified atom stereocenters. The first-order valence-corrected chi connectivity index (χ1v) is 10.2. The molecule has 0 radical (unpaired) electrons. The predicted octanol–water partition coefficient (Wildman–Crippen LogP) is 1.55. The van der Waals surface area contributed by atoms with E-state index in [1.807, 2.05) is 0 Å². The third-order valence-electron chi connectivity index (χ3n) is 6.26. The minimum absolute atomic E-state index is 0.00747. The van der Waals surface area contributed by atoms with Crippen LogP contribution in [0.25, 0.3) is 16.6 Å². The molecule has 5 rings (SSSR count). The smallest absolute Gasteiger partial charge is 0.336 e. The van der Waals surface area contributed by atoms with Crippen molar-refractivity contribution in [2.75, 3.05) is 13.7 Å². The molecule has 2 atom stereocenters. The summed E-state index contributed by atoms with van der Waals surface area (Å²) in [5.74, 6) is -0.917. The number of pyridine rings is 1. The van der Waals surface area contributed by atoms with Crippen LogP contribution >= 0.6 is 0 Å². The molecule has 1 fully saturated rings. The van der Waals surface area contributed by atoms with E-state index in [9.17, 15) is 24.8 Å². The molecule has 2 aliphatic rings. The number of methoxy groups -OCH3 is 1. The number of aromatic hydroxyl groups is 1. The van der Waals surface area contributed by atoms with Crippen LogP contribution in [0.4, 0.5) is 0 Å². The molecule has 1 N–H and O–H groups in total. The van der Waals surface area contributed by atoms with Crippen molar-refractivity contribution >= 4 is 22.8 Å². The van der Waals surface area contributed by atoms with Crippen molar-refractivity contribution in [1.29, 1.82) is 5.26 Å². The largest absolute Gasteiger partial charge is 0.493 e. The fraction of sp³-hybridized carbons (Fsp3) is 0.318. The summed E-state index contributed by atoms with van der Waals surface area (Å²) in [4.78, 5) is 43.3. The average Bonchev–Trinajstić information content (AvgIpc) is 3.48. The van der Waals surface area contributed by atoms with Crippen LogP contribution in [0.2, 0.25) is 0 Å². The third-order valence-corrected chi connectivity index (χ3v) is 6.26. The summed E-state index contributed by atoms with van der Waals surface area (Å²) in [6.45, 7) is 0.344. The van der Waals surface area contributed by atoms with Crippen molar-refractivity contribution in [3.05, 3.63) is 52.2 Å². The first-order valence-electron chi connectivity index (χ1n) is 10.2. The number of rotatable bonds is 4. The minimum Gasteiger partial charge on any atom is -0.493 e. The number of amides is 1. The van der Waals surface area contributed by atoms with E-state index in [-0.39, 0.29) is 30.7 Å². The molecule has 1 aromatic carbocycles. The topological polar surface area (TPSA) is 130 Å². The number of aromatic nitrogens is 3. The van der Waals surface area contributed by atoms with Gasteiger partial charge in [0, 0.05) is 24.5 Å². The molecule has 0 aliphatic carbocycles. The molecular weight excluding hydrogens is 414 g/mol. The minimum atomic E-state index is -0.463. The van der Waals surface area contributed by atoms with Crippen LogP contribution in [-0.2, 0) is 14.3 Å². The lowest BCUT2D eigenvalue weighted by molar-refractivity contribution is -0.144. The Bertz CT molecular complexity index is 1380. The summed E-state index contributed by atoms with van der Waals surface area (Å²) in [6, 6.07) is 8.01. The van der Waals surface area contributed by atoms with Crippen LogP contribution in [0.5, 0.6) is 5.88 Å². The Balaban J connectivity index is 1.57. The maximum Gasteiger partial charge on any atom is 0.336 e. The van der Waals surface area contributed by atoms with Gasteiger partial charge >= 0.3 is 11.7 Å². The number of fused-ring (bicyclic) bond motifs is 6. The van der Waals surface area contributed by atoms with Crippen molar-refractivity contribution < 1.29 is 19.4 Å². The molecule has 10 heteroatoms. The number of imidazole rings is 1. The summed E-state index contributed by atoms with van der Waals surface area (Å²) < 4.78 is 7.35. The predicted molar refractivity (Wildman–Crippen MR) is 111 cm³/mol. The Morgan fingerprint density at radius 2 is 2.12 bits per heavy atom. The van der Waals surface area contributed by atoms with Crippen LogP contribution in [0.3, 0.4) is 0 Å². The first-order chi connectivity index (χ1) is 15.5. The van der Waals surface area contributed by atoms with Crippen LogP contribution in [-0.4, -0.2) is 49.7 Å². The number of nitrogens with zero attached hydrogens (tertiary/aromatic N) is 5. The second-order valence-electron chi connectivity index (χ2n) is 7.87. The fourth-order valence-electron chi connectivity index (χ4n) is 4.84. The highest BCUT2D eigenvalue weighted by Gasteiger charge is 2.49. The van der Waals surface area contributed by atoms with Crippen LogP contribution in [0, 0.1) is 11.3 Å². The number of ether oxygens (including phenoxy) is 1. The number of hydrogen-bond acceptors (Lipinski definition) is 7. The van der Waals surface area contributed by atoms with Gasteiger partial charge in [-0.25, -0.2) is 9.36 Å². The summed E-state index contributed by atoms with van der Waals surface area (Å²) in [5.41, 5.74) is 1.21. The molecule has 2 aliphatic heterocycles. The van der Waals surface area contributed by atoms with Crippen LogP contribution < -0.4 is 5.69 Å². The van der Waals surface area contributed by atoms with E-state index in [0.29, 0.717) is 40.8 Å². The zero-order chi connectivity index (χ0) is 22.6. The van der Waals surface area contributed by atoms with E-state index in [4.69, 9.17) is 0 Å². The zero-order valence-electron chi connectivity index (χ0n) is 17.2. The molecule has 10 nitrogen and oxygen atoms in total. The van der Waals surface area contributed by atoms with Gasteiger partial charge in [-0.1, -0.05) is 0 Å². The zero-order valence-corrected chi connectivity index (χ0v) is 17.2. The molecule has 1 amide bonds. The lowest BCUT2D eigenvalue weighted by Gasteiger charge is -2.27. The van der Waals surface area contributed by atoms with Crippen molar-refractivity contribution in [1.82, 2.24) is 19.0 Å². The number of nitriles is 1. The van der Waals surface area contributed by atoms with E-state index >= 15 is 0 Å². The van der Waals surface area contributed by atoms with Gasteiger partial charge in [0.2, 0.25) is 11.8 Å². The van der Waals surface area contributed by atoms with Gasteiger partial charge in [0.15, 0.2) is 0 Å². The van der Waals surface area contributed by atoms with Crippen molar-refractivity contribution in [2.45, 2.75) is 31.3 Å². The van der Waals surface area contributed by atoms with E-state index in [1.54, 1.807) is 39.9 Å². The third kappa shape index (κ3) is 2.71. The number of hydrogen-bond donors (Lipinski definition) is 1. The maximum absolute atomic E-state index is 13.3. The van der Waals surface area contributed by atoms with Crippen molar-refractivity contribution in [2.24, 2.45) is 0 Å². The quantitative estimate of drug-likeness (QED) is 0.618. The van der Waals surface area contributed by atoms with Crippen LogP contribution in [0.1, 0.15) is 42.6 Å². The highest BCUT2D eigenvalue weighted by molar-refractivity contribution is 5.91. The van der Waals surface area contributed by atoms with Gasteiger partial charge in [-0.3, -0.25) is 19.1 Å². The maximum atomic E-state index is 13.3. The molecule has 0 spiro atoms. The van der Waals surface area contributed by atoms with Gasteiger partial charge in [-0.2, -0.15) is 5.26 Å². The highest BCUT2D eigenvalue weighted by atomic mass is 16.5. The summed E-state index contributed by atoms with van der Waals surface area (Å²) in [5, 5.41) is 21.0. The average molecular weight is 433 g/mol. The second-order valence-corrected chi connectivity index (χ2v) is 7.87. The van der Waals surface area contributed by atoms with Gasteiger partial charge < -0.3 is 14.7 Å². The molecule has 162 valence electrons. The Kier molecular flexibility index (Phi) is 4.48. The molecule has 2 bridgehead atoms. The fourth-order valence-corrected chi connectivity index (χ4v) is 4.84. The van der Waals surface area contributed by atoms with Gasteiger partial charge in [-0.05, 0) is 30.7 Å². The van der Waals surface area contributed by atoms with E-state index < -0.39 is 17.7 Å². The van der Waals surface area contributed by atoms with Gasteiger partial charge in [0.25, 0.3) is 0 Å². The van der Waals surface area contributed by atoms with Crippen LogP contribution in [0.15, 0.2) is 35.3 Å². The normalized spacial score (nSPS) is 18.6. The van der Waals surface area contributed by atoms with Gasteiger partial charge in [0.05, 0.1) is 42.4 Å². The lowest BCUT2D eigenvalue weighted by Crippen LogP contribution is -2.38. The lowest BCUT2D eigenvalue weighted by atomic mass is 10.1. The molecule has 2 aromatic heterocycles. The number of benzene rings is 1. The molecule has 1 saturated heterocycles. The standard InChI is InChI=1S/C22H19N5O5/c1-32-18(29)7-6-17(28)25-11-13-9-16(25)20-21(30)27(22(31)26(13)20)15-5-4-12(10-23)19-14(15)3-2-8-24-19/h2-5,8,13,16,30H,6-7,9,11H2,1H3/t13-,16-/m0/s1. The number of esters is 1. The first kappa shape index (κ1) is 19.8. The monoisotopic (exact) mass is 433 g/mol. The molecule has 32 heavy (non-hydrogen) atoms. The molecule has 3 aromatic rings. The Morgan fingerprint density at radius 1 is 1.31 bits per heavy atom. The van der Waals surface area contributed by atoms with E-state index in [1.165, 1.54) is 11.7 Å². The summed E-state index contributed by atoms with van der Waals surface area (Å²) in [6.07, 6.45) is 2.09. The van der Waals surface area contributed by atoms with Gasteiger partial charge in [-0.15, -0.1) is 0 Å².